The van der Waals surface area contributed by atoms with E-state index in [-0.39, 0.29) is 16.2 Å². The number of rotatable bonds is 4. The highest BCUT2D eigenvalue weighted by Crippen LogP contribution is 2.43. The monoisotopic (exact) mass is 474 g/mol. The van der Waals surface area contributed by atoms with E-state index in [0.29, 0.717) is 21.2 Å². The van der Waals surface area contributed by atoms with Crippen LogP contribution in [0.1, 0.15) is 16.5 Å². The number of anilines is 1. The van der Waals surface area contributed by atoms with Gasteiger partial charge in [0.2, 0.25) is 10.0 Å². The first-order chi connectivity index (χ1) is 14.7. The molecule has 3 N–H and O–H groups in total. The first kappa shape index (κ1) is 21.3. The highest BCUT2D eigenvalue weighted by molar-refractivity contribution is 7.89. The van der Waals surface area contributed by atoms with Gasteiger partial charge >= 0.3 is 0 Å². The van der Waals surface area contributed by atoms with Crippen LogP contribution >= 0.6 is 22.9 Å². The van der Waals surface area contributed by atoms with Crippen LogP contribution in [0.4, 0.5) is 5.69 Å². The first-order valence-corrected chi connectivity index (χ1v) is 11.7. The Balaban J connectivity index is 1.88. The van der Waals surface area contributed by atoms with Crippen molar-refractivity contribution < 1.29 is 23.1 Å². The molecule has 4 rings (SSSR count). The molecule has 10 heteroatoms. The smallest absolute Gasteiger partial charge is 0.300 e. The fourth-order valence-electron chi connectivity index (χ4n) is 3.37. The summed E-state index contributed by atoms with van der Waals surface area (Å²) in [5.74, 6) is -2.00. The molecule has 1 fully saturated rings. The van der Waals surface area contributed by atoms with Gasteiger partial charge in [0.25, 0.3) is 11.7 Å². The van der Waals surface area contributed by atoms with Crippen molar-refractivity contribution in [2.24, 2.45) is 5.14 Å². The highest BCUT2D eigenvalue weighted by atomic mass is 35.5. The number of thiophene rings is 1. The Labute approximate surface area is 187 Å². The normalized spacial score (nSPS) is 18.5. The molecule has 3 aromatic rings. The van der Waals surface area contributed by atoms with Gasteiger partial charge in [-0.25, -0.2) is 13.6 Å². The Morgan fingerprint density at radius 2 is 1.68 bits per heavy atom. The number of halogens is 1. The summed E-state index contributed by atoms with van der Waals surface area (Å²) in [5.41, 5.74) is 0.571. The number of hydrogen-bond acceptors (Lipinski definition) is 6. The van der Waals surface area contributed by atoms with Gasteiger partial charge in [0.15, 0.2) is 0 Å². The second-order valence-corrected chi connectivity index (χ2v) is 9.71. The van der Waals surface area contributed by atoms with Gasteiger partial charge in [0.1, 0.15) is 11.8 Å². The molecule has 1 unspecified atom stereocenters. The third kappa shape index (κ3) is 3.88. The van der Waals surface area contributed by atoms with Crippen molar-refractivity contribution in [1.29, 1.82) is 0 Å². The lowest BCUT2D eigenvalue weighted by atomic mass is 10.00. The summed E-state index contributed by atoms with van der Waals surface area (Å²) in [4.78, 5) is 27.7. The molecule has 0 aliphatic carbocycles. The minimum Gasteiger partial charge on any atom is -0.507 e. The van der Waals surface area contributed by atoms with Gasteiger partial charge in [-0.1, -0.05) is 17.7 Å². The fourth-order valence-corrected chi connectivity index (χ4v) is 4.84. The van der Waals surface area contributed by atoms with Crippen molar-refractivity contribution in [2.75, 3.05) is 4.90 Å². The molecular weight excluding hydrogens is 460 g/mol. The standard InChI is InChI=1S/C21H15ClN2O5S2/c22-13-5-3-12(4-6-13)19(25)17-18(16-2-1-11-30-16)24(21(27)20(17)26)14-7-9-15(10-8-14)31(23,28)29/h1-11,18,25H,(H2,23,28,29)/b19-17-. The molecule has 2 heterocycles. The maximum Gasteiger partial charge on any atom is 0.300 e. The Morgan fingerprint density at radius 1 is 1.03 bits per heavy atom. The third-order valence-electron chi connectivity index (χ3n) is 4.82. The molecule has 0 radical (unpaired) electrons. The number of primary sulfonamides is 1. The molecule has 1 aliphatic heterocycles. The molecule has 0 spiro atoms. The molecule has 7 nitrogen and oxygen atoms in total. The molecule has 1 atom stereocenters. The second kappa shape index (κ2) is 7.93. The summed E-state index contributed by atoms with van der Waals surface area (Å²) < 4.78 is 23.1. The van der Waals surface area contributed by atoms with Crippen molar-refractivity contribution in [3.05, 3.63) is 87.1 Å². The number of aliphatic hydroxyl groups excluding tert-OH is 1. The van der Waals surface area contributed by atoms with Crippen molar-refractivity contribution in [3.63, 3.8) is 0 Å². The number of hydrogen-bond donors (Lipinski definition) is 2. The van der Waals surface area contributed by atoms with Crippen LogP contribution in [0.2, 0.25) is 5.02 Å². The van der Waals surface area contributed by atoms with Gasteiger partial charge in [0.05, 0.1) is 10.5 Å². The predicted octanol–water partition coefficient (Wildman–Crippen LogP) is 3.68. The Kier molecular flexibility index (Phi) is 5.44. The van der Waals surface area contributed by atoms with Crippen molar-refractivity contribution in [2.45, 2.75) is 10.9 Å². The minimum atomic E-state index is -3.92. The Hall–Kier alpha value is -2.98. The second-order valence-electron chi connectivity index (χ2n) is 6.73. The quantitative estimate of drug-likeness (QED) is 0.340. The van der Waals surface area contributed by atoms with Crippen LogP contribution in [0.25, 0.3) is 5.76 Å². The number of Topliss-reactive ketones (excluding diaryl/α,β-unsaturated/α-hetero) is 1. The van der Waals surface area contributed by atoms with E-state index in [1.54, 1.807) is 41.8 Å². The average Bonchev–Trinajstić information content (AvgIpc) is 3.35. The molecule has 158 valence electrons. The third-order valence-corrected chi connectivity index (χ3v) is 6.92. The molecular formula is C21H15ClN2O5S2. The maximum atomic E-state index is 13.0. The summed E-state index contributed by atoms with van der Waals surface area (Å²) in [6.45, 7) is 0. The lowest BCUT2D eigenvalue weighted by molar-refractivity contribution is -0.132. The van der Waals surface area contributed by atoms with E-state index in [4.69, 9.17) is 16.7 Å². The Morgan fingerprint density at radius 3 is 2.23 bits per heavy atom. The molecule has 2 aromatic carbocycles. The van der Waals surface area contributed by atoms with Crippen LogP contribution in [-0.2, 0) is 19.6 Å². The van der Waals surface area contributed by atoms with Crippen molar-refractivity contribution >= 4 is 56.1 Å². The van der Waals surface area contributed by atoms with E-state index in [1.165, 1.54) is 40.5 Å². The number of carbonyl (C=O) groups excluding carboxylic acids is 2. The predicted molar refractivity (Wildman–Crippen MR) is 118 cm³/mol. The topological polar surface area (TPSA) is 118 Å². The van der Waals surface area contributed by atoms with E-state index < -0.39 is 27.8 Å². The molecule has 0 saturated carbocycles. The van der Waals surface area contributed by atoms with E-state index in [1.807, 2.05) is 0 Å². The van der Waals surface area contributed by atoms with Gasteiger partial charge in [-0.15, -0.1) is 11.3 Å². The molecule has 1 aromatic heterocycles. The van der Waals surface area contributed by atoms with Crippen LogP contribution in [0.15, 0.2) is 76.5 Å². The summed E-state index contributed by atoms with van der Waals surface area (Å²) >= 11 is 7.23. The van der Waals surface area contributed by atoms with Gasteiger partial charge in [0, 0.05) is 21.2 Å². The zero-order valence-electron chi connectivity index (χ0n) is 15.7. The van der Waals surface area contributed by atoms with Gasteiger partial charge in [-0.3, -0.25) is 14.5 Å². The van der Waals surface area contributed by atoms with E-state index in [2.05, 4.69) is 0 Å². The van der Waals surface area contributed by atoms with Crippen LogP contribution in [0.5, 0.6) is 0 Å². The maximum absolute atomic E-state index is 13.0. The summed E-state index contributed by atoms with van der Waals surface area (Å²) in [5, 5.41) is 18.3. The fraction of sp³-hybridized carbons (Fsp3) is 0.0476. The highest BCUT2D eigenvalue weighted by Gasteiger charge is 2.47. The summed E-state index contributed by atoms with van der Waals surface area (Å²) in [6.07, 6.45) is 0. The molecule has 1 aliphatic rings. The zero-order valence-corrected chi connectivity index (χ0v) is 18.1. The summed E-state index contributed by atoms with van der Waals surface area (Å²) in [7, 11) is -3.92. The number of ketones is 1. The van der Waals surface area contributed by atoms with E-state index in [9.17, 15) is 23.1 Å². The van der Waals surface area contributed by atoms with E-state index in [0.717, 1.165) is 0 Å². The molecule has 0 bridgehead atoms. The van der Waals surface area contributed by atoms with Gasteiger partial charge < -0.3 is 5.11 Å². The number of aliphatic hydroxyl groups is 1. The van der Waals surface area contributed by atoms with Gasteiger partial charge in [-0.2, -0.15) is 0 Å². The number of carbonyl (C=O) groups is 2. The lowest BCUT2D eigenvalue weighted by Gasteiger charge is -2.24. The number of nitrogens with two attached hydrogens (primary N) is 1. The van der Waals surface area contributed by atoms with E-state index >= 15 is 0 Å². The largest absolute Gasteiger partial charge is 0.507 e. The number of sulfonamides is 1. The Bertz CT molecular complexity index is 1300. The molecule has 1 amide bonds. The molecule has 1 saturated heterocycles. The summed E-state index contributed by atoms with van der Waals surface area (Å²) in [6, 6.07) is 14.2. The SMILES string of the molecule is NS(=O)(=O)c1ccc(N2C(=O)C(=O)/C(=C(\O)c3ccc(Cl)cc3)C2c2cccs2)cc1. The van der Waals surface area contributed by atoms with Gasteiger partial charge in [-0.05, 0) is 60.0 Å². The number of benzene rings is 2. The molecule has 31 heavy (non-hydrogen) atoms. The first-order valence-electron chi connectivity index (χ1n) is 8.91. The average molecular weight is 475 g/mol. The van der Waals surface area contributed by atoms with Crippen LogP contribution in [-0.4, -0.2) is 25.2 Å². The van der Waals surface area contributed by atoms with Crippen LogP contribution < -0.4 is 10.0 Å². The van der Waals surface area contributed by atoms with Crippen LogP contribution in [0.3, 0.4) is 0 Å². The number of amides is 1. The zero-order chi connectivity index (χ0) is 22.3. The lowest BCUT2D eigenvalue weighted by Crippen LogP contribution is -2.29. The number of nitrogens with zero attached hydrogens (tertiary/aromatic N) is 1. The van der Waals surface area contributed by atoms with Crippen molar-refractivity contribution in [3.8, 4) is 0 Å². The minimum absolute atomic E-state index is 0.0645. The van der Waals surface area contributed by atoms with Crippen LogP contribution in [0, 0.1) is 0 Å². The van der Waals surface area contributed by atoms with Crippen molar-refractivity contribution in [1.82, 2.24) is 0 Å².